The lowest BCUT2D eigenvalue weighted by Gasteiger charge is -2.30. The molecule has 0 radical (unpaired) electrons. The van der Waals surface area contributed by atoms with Crippen LogP contribution in [-0.4, -0.2) is 11.7 Å². The van der Waals surface area contributed by atoms with Gasteiger partial charge >= 0.3 is 0 Å². The van der Waals surface area contributed by atoms with Gasteiger partial charge in [-0.25, -0.2) is 0 Å². The van der Waals surface area contributed by atoms with E-state index >= 15 is 0 Å². The van der Waals surface area contributed by atoms with Gasteiger partial charge in [-0.05, 0) is 23.8 Å². The summed E-state index contributed by atoms with van der Waals surface area (Å²) >= 11 is 9.35. The third-order valence-corrected chi connectivity index (χ3v) is 3.50. The fourth-order valence-electron chi connectivity index (χ4n) is 1.27. The van der Waals surface area contributed by atoms with Crippen LogP contribution in [0.25, 0.3) is 0 Å². The summed E-state index contributed by atoms with van der Waals surface area (Å²) in [6.07, 6.45) is 0. The zero-order valence-corrected chi connectivity index (χ0v) is 12.4. The molecular weight excluding hydrogens is 313 g/mol. The van der Waals surface area contributed by atoms with E-state index in [2.05, 4.69) is 15.9 Å². The number of halogens is 3. The molecule has 1 rings (SSSR count). The smallest absolute Gasteiger partial charge is 0.0500 e. The van der Waals surface area contributed by atoms with Crippen molar-refractivity contribution in [3.8, 4) is 0 Å². The Morgan fingerprint density at radius 1 is 1.50 bits per heavy atom. The summed E-state index contributed by atoms with van der Waals surface area (Å²) in [5, 5.41) is 9.91. The number of aliphatic hydroxyl groups excluding tert-OH is 1. The minimum Gasteiger partial charge on any atom is -0.396 e. The summed E-state index contributed by atoms with van der Waals surface area (Å²) in [5.41, 5.74) is 6.65. The normalized spacial score (nSPS) is 13.1. The maximum absolute atomic E-state index is 9.26. The van der Waals surface area contributed by atoms with Gasteiger partial charge in [0.25, 0.3) is 0 Å². The fraction of sp³-hybridized carbons (Fsp3) is 0.455. The molecule has 0 heterocycles. The Morgan fingerprint density at radius 2 is 2.06 bits per heavy atom. The molecular formula is C11H16BrCl2NO. The van der Waals surface area contributed by atoms with E-state index in [1.54, 1.807) is 6.07 Å². The Morgan fingerprint density at radius 3 is 2.56 bits per heavy atom. The van der Waals surface area contributed by atoms with Crippen molar-refractivity contribution in [2.75, 3.05) is 6.61 Å². The van der Waals surface area contributed by atoms with Gasteiger partial charge in [0.15, 0.2) is 0 Å². The van der Waals surface area contributed by atoms with Crippen molar-refractivity contribution in [3.63, 3.8) is 0 Å². The van der Waals surface area contributed by atoms with Crippen molar-refractivity contribution < 1.29 is 5.11 Å². The monoisotopic (exact) mass is 327 g/mol. The minimum atomic E-state index is -0.368. The van der Waals surface area contributed by atoms with Crippen LogP contribution in [0.15, 0.2) is 22.7 Å². The van der Waals surface area contributed by atoms with Crippen molar-refractivity contribution in [1.82, 2.24) is 0 Å². The molecule has 0 aliphatic carbocycles. The zero-order valence-electron chi connectivity index (χ0n) is 9.21. The number of hydrogen-bond acceptors (Lipinski definition) is 2. The second-order valence-electron chi connectivity index (χ2n) is 4.29. The Kier molecular flexibility index (Phi) is 6.30. The molecule has 0 unspecified atom stereocenters. The van der Waals surface area contributed by atoms with E-state index in [9.17, 15) is 5.11 Å². The predicted octanol–water partition coefficient (Wildman–Crippen LogP) is 3.54. The van der Waals surface area contributed by atoms with Gasteiger partial charge in [-0.3, -0.25) is 0 Å². The topological polar surface area (TPSA) is 46.2 Å². The van der Waals surface area contributed by atoms with Crippen LogP contribution in [0, 0.1) is 5.41 Å². The summed E-state index contributed by atoms with van der Waals surface area (Å²) in [4.78, 5) is 0. The minimum absolute atomic E-state index is 0. The van der Waals surface area contributed by atoms with E-state index in [0.717, 1.165) is 10.0 Å². The molecule has 1 aromatic rings. The standard InChI is InChI=1S/C11H15BrClNO.ClH/c1-11(2,6-15)10(14)8-5-7(13)3-4-9(8)12;/h3-5,10,15H,6,14H2,1-2H3;1H/t10-;/m0./s1. The van der Waals surface area contributed by atoms with Crippen molar-refractivity contribution in [2.24, 2.45) is 11.1 Å². The summed E-state index contributed by atoms with van der Waals surface area (Å²) in [7, 11) is 0. The molecule has 0 spiro atoms. The average Bonchev–Trinajstić information content (AvgIpc) is 2.20. The molecule has 16 heavy (non-hydrogen) atoms. The molecule has 2 nitrogen and oxygen atoms in total. The zero-order chi connectivity index (χ0) is 11.6. The van der Waals surface area contributed by atoms with Gasteiger partial charge < -0.3 is 10.8 Å². The first-order chi connectivity index (χ1) is 6.88. The summed E-state index contributed by atoms with van der Waals surface area (Å²) in [6.45, 7) is 3.88. The van der Waals surface area contributed by atoms with E-state index in [-0.39, 0.29) is 30.5 Å². The fourth-order valence-corrected chi connectivity index (χ4v) is 1.95. The molecule has 0 saturated heterocycles. The molecule has 1 aromatic carbocycles. The second-order valence-corrected chi connectivity index (χ2v) is 5.58. The van der Waals surface area contributed by atoms with Gasteiger partial charge in [-0.15, -0.1) is 12.4 Å². The maximum atomic E-state index is 9.26. The van der Waals surface area contributed by atoms with Crippen LogP contribution in [0.1, 0.15) is 25.5 Å². The number of rotatable bonds is 3. The van der Waals surface area contributed by atoms with Crippen molar-refractivity contribution in [1.29, 1.82) is 0 Å². The second kappa shape index (κ2) is 6.22. The highest BCUT2D eigenvalue weighted by molar-refractivity contribution is 9.10. The third-order valence-electron chi connectivity index (χ3n) is 2.54. The van der Waals surface area contributed by atoms with Crippen LogP contribution < -0.4 is 5.73 Å². The van der Waals surface area contributed by atoms with E-state index in [1.165, 1.54) is 0 Å². The third kappa shape index (κ3) is 3.60. The molecule has 0 aliphatic heterocycles. The van der Waals surface area contributed by atoms with Crippen LogP contribution in [0.3, 0.4) is 0 Å². The van der Waals surface area contributed by atoms with Crippen molar-refractivity contribution in [2.45, 2.75) is 19.9 Å². The number of nitrogens with two attached hydrogens (primary N) is 1. The summed E-state index contributed by atoms with van der Waals surface area (Å²) < 4.78 is 0.918. The lowest BCUT2D eigenvalue weighted by Crippen LogP contribution is -2.32. The first-order valence-electron chi connectivity index (χ1n) is 4.70. The van der Waals surface area contributed by atoms with Gasteiger partial charge in [-0.2, -0.15) is 0 Å². The molecule has 0 fully saturated rings. The van der Waals surface area contributed by atoms with Gasteiger partial charge in [0.05, 0.1) is 0 Å². The Labute approximate surface area is 116 Å². The van der Waals surface area contributed by atoms with Crippen molar-refractivity contribution in [3.05, 3.63) is 33.3 Å². The Balaban J connectivity index is 0.00000225. The maximum Gasteiger partial charge on any atom is 0.0500 e. The van der Waals surface area contributed by atoms with E-state index in [4.69, 9.17) is 17.3 Å². The first kappa shape index (κ1) is 16.2. The Hall–Kier alpha value is 0.200. The number of hydrogen-bond donors (Lipinski definition) is 2. The summed E-state index contributed by atoms with van der Waals surface area (Å²) in [5.74, 6) is 0. The lowest BCUT2D eigenvalue weighted by atomic mass is 9.82. The largest absolute Gasteiger partial charge is 0.396 e. The van der Waals surface area contributed by atoms with Gasteiger partial charge in [0.1, 0.15) is 0 Å². The van der Waals surface area contributed by atoms with E-state index in [1.807, 2.05) is 26.0 Å². The van der Waals surface area contributed by atoms with Crippen molar-refractivity contribution >= 4 is 39.9 Å². The molecule has 0 bridgehead atoms. The summed E-state index contributed by atoms with van der Waals surface area (Å²) in [6, 6.07) is 5.24. The molecule has 92 valence electrons. The number of aliphatic hydroxyl groups is 1. The molecule has 0 aromatic heterocycles. The van der Waals surface area contributed by atoms with Crippen LogP contribution in [0.4, 0.5) is 0 Å². The van der Waals surface area contributed by atoms with Crippen LogP contribution in [0.2, 0.25) is 5.02 Å². The van der Waals surface area contributed by atoms with E-state index in [0.29, 0.717) is 5.02 Å². The molecule has 5 heteroatoms. The molecule has 1 atom stereocenters. The quantitative estimate of drug-likeness (QED) is 0.891. The van der Waals surface area contributed by atoms with Crippen LogP contribution in [-0.2, 0) is 0 Å². The highest BCUT2D eigenvalue weighted by atomic mass is 79.9. The SMILES string of the molecule is CC(C)(CO)[C@@H](N)c1cc(Cl)ccc1Br.Cl. The molecule has 0 aliphatic rings. The number of benzene rings is 1. The van der Waals surface area contributed by atoms with Crippen LogP contribution >= 0.6 is 39.9 Å². The Bertz CT molecular complexity index is 358. The predicted molar refractivity (Wildman–Crippen MR) is 74.2 cm³/mol. The highest BCUT2D eigenvalue weighted by Gasteiger charge is 2.28. The molecule has 0 saturated carbocycles. The van der Waals surface area contributed by atoms with Gasteiger partial charge in [-0.1, -0.05) is 41.4 Å². The van der Waals surface area contributed by atoms with Crippen LogP contribution in [0.5, 0.6) is 0 Å². The lowest BCUT2D eigenvalue weighted by molar-refractivity contribution is 0.132. The average molecular weight is 329 g/mol. The van der Waals surface area contributed by atoms with E-state index < -0.39 is 0 Å². The van der Waals surface area contributed by atoms with Gasteiger partial charge in [0, 0.05) is 27.6 Å². The highest BCUT2D eigenvalue weighted by Crippen LogP contribution is 2.35. The van der Waals surface area contributed by atoms with Gasteiger partial charge in [0.2, 0.25) is 0 Å². The molecule has 3 N–H and O–H groups in total. The first-order valence-corrected chi connectivity index (χ1v) is 5.87. The molecule has 0 amide bonds.